The first kappa shape index (κ1) is 19.2. The van der Waals surface area contributed by atoms with Crippen molar-refractivity contribution in [3.8, 4) is 0 Å². The number of fused-ring (bicyclic) bond motifs is 1. The highest BCUT2D eigenvalue weighted by molar-refractivity contribution is 9.10. The maximum Gasteiger partial charge on any atom is 0.319 e. The molecular formula is C17H16BrF2N5O2. The second-order valence-electron chi connectivity index (χ2n) is 5.93. The minimum Gasteiger partial charge on any atom is -0.338 e. The Labute approximate surface area is 161 Å². The summed E-state index contributed by atoms with van der Waals surface area (Å²) >= 11 is 3.32. The molecule has 7 nitrogen and oxygen atoms in total. The molecule has 0 saturated carbocycles. The Balaban J connectivity index is 1.68. The van der Waals surface area contributed by atoms with Gasteiger partial charge in [-0.15, -0.1) is 0 Å². The molecule has 142 valence electrons. The Kier molecular flexibility index (Phi) is 5.64. The van der Waals surface area contributed by atoms with Gasteiger partial charge in [-0.05, 0) is 18.2 Å². The maximum absolute atomic E-state index is 12.9. The summed E-state index contributed by atoms with van der Waals surface area (Å²) in [4.78, 5) is 34.2. The molecule has 0 fully saturated rings. The molecule has 3 rings (SSSR count). The Morgan fingerprint density at radius 2 is 2.11 bits per heavy atom. The fourth-order valence-electron chi connectivity index (χ4n) is 2.64. The first-order chi connectivity index (χ1) is 12.9. The van der Waals surface area contributed by atoms with Crippen LogP contribution in [0.5, 0.6) is 0 Å². The fraction of sp³-hybridized carbons (Fsp3) is 0.294. The topological polar surface area (TPSA) is 73.0 Å². The van der Waals surface area contributed by atoms with Crippen molar-refractivity contribution in [2.75, 3.05) is 7.05 Å². The van der Waals surface area contributed by atoms with Crippen molar-refractivity contribution in [2.24, 2.45) is 0 Å². The van der Waals surface area contributed by atoms with E-state index in [0.29, 0.717) is 15.5 Å². The molecule has 0 atom stereocenters. The second kappa shape index (κ2) is 7.95. The van der Waals surface area contributed by atoms with Gasteiger partial charge in [0.25, 0.3) is 5.56 Å². The van der Waals surface area contributed by atoms with E-state index in [2.05, 4.69) is 25.9 Å². The summed E-state index contributed by atoms with van der Waals surface area (Å²) in [5, 5.41) is 0.451. The van der Waals surface area contributed by atoms with E-state index in [-0.39, 0.29) is 36.8 Å². The Hall–Kier alpha value is -2.62. The van der Waals surface area contributed by atoms with Gasteiger partial charge in [-0.25, -0.2) is 9.97 Å². The van der Waals surface area contributed by atoms with E-state index in [1.807, 2.05) is 0 Å². The quantitative estimate of drug-likeness (QED) is 0.591. The van der Waals surface area contributed by atoms with E-state index in [1.54, 1.807) is 18.2 Å². The molecule has 1 aromatic carbocycles. The van der Waals surface area contributed by atoms with Gasteiger partial charge in [0.05, 0.1) is 23.8 Å². The van der Waals surface area contributed by atoms with E-state index in [1.165, 1.54) is 29.0 Å². The van der Waals surface area contributed by atoms with Crippen molar-refractivity contribution in [3.05, 3.63) is 57.6 Å². The van der Waals surface area contributed by atoms with Gasteiger partial charge < -0.3 is 4.90 Å². The number of halogens is 3. The summed E-state index contributed by atoms with van der Waals surface area (Å²) < 4.78 is 28.5. The second-order valence-corrected chi connectivity index (χ2v) is 6.85. The van der Waals surface area contributed by atoms with Crippen LogP contribution in [0.25, 0.3) is 10.9 Å². The SMILES string of the molecule is CN(Cc1nccn1C(F)F)C(=O)CCn1cnc2ccc(Br)cc2c1=O. The van der Waals surface area contributed by atoms with Gasteiger partial charge in [-0.1, -0.05) is 15.9 Å². The first-order valence-corrected chi connectivity index (χ1v) is 8.84. The normalized spacial score (nSPS) is 11.3. The van der Waals surface area contributed by atoms with E-state index in [0.717, 1.165) is 10.7 Å². The number of aromatic nitrogens is 4. The van der Waals surface area contributed by atoms with Gasteiger partial charge in [-0.3, -0.25) is 18.7 Å². The Bertz CT molecular complexity index is 1030. The van der Waals surface area contributed by atoms with Crippen LogP contribution in [-0.4, -0.2) is 37.0 Å². The van der Waals surface area contributed by atoms with E-state index >= 15 is 0 Å². The zero-order valence-corrected chi connectivity index (χ0v) is 15.9. The lowest BCUT2D eigenvalue weighted by Crippen LogP contribution is -2.30. The molecular weight excluding hydrogens is 424 g/mol. The number of carbonyl (C=O) groups is 1. The lowest BCUT2D eigenvalue weighted by Gasteiger charge is -2.18. The van der Waals surface area contributed by atoms with Crippen LogP contribution in [-0.2, 0) is 17.9 Å². The highest BCUT2D eigenvalue weighted by Gasteiger charge is 2.16. The smallest absolute Gasteiger partial charge is 0.319 e. The van der Waals surface area contributed by atoms with Crippen LogP contribution in [0, 0.1) is 0 Å². The summed E-state index contributed by atoms with van der Waals surface area (Å²) in [6, 6.07) is 5.20. The molecule has 27 heavy (non-hydrogen) atoms. The standard InChI is InChI=1S/C17H16BrF2N5O2/c1-23(9-14-21-5-7-25(14)17(19)20)15(26)4-6-24-10-22-13-3-2-11(18)8-12(13)16(24)27/h2-3,5,7-8,10,17H,4,6,9H2,1H3. The average molecular weight is 440 g/mol. The number of nitrogens with zero attached hydrogens (tertiary/aromatic N) is 5. The number of alkyl halides is 2. The number of hydrogen-bond acceptors (Lipinski definition) is 4. The molecule has 0 radical (unpaired) electrons. The lowest BCUT2D eigenvalue weighted by molar-refractivity contribution is -0.130. The molecule has 0 aliphatic heterocycles. The van der Waals surface area contributed by atoms with Gasteiger partial charge in [0.2, 0.25) is 5.91 Å². The van der Waals surface area contributed by atoms with Crippen molar-refractivity contribution in [1.29, 1.82) is 0 Å². The van der Waals surface area contributed by atoms with Gasteiger partial charge in [-0.2, -0.15) is 8.78 Å². The van der Waals surface area contributed by atoms with Crippen molar-refractivity contribution in [2.45, 2.75) is 26.1 Å². The minimum atomic E-state index is -2.72. The van der Waals surface area contributed by atoms with Crippen LogP contribution in [0.15, 0.2) is 46.2 Å². The van der Waals surface area contributed by atoms with Gasteiger partial charge >= 0.3 is 6.55 Å². The highest BCUT2D eigenvalue weighted by Crippen LogP contribution is 2.15. The largest absolute Gasteiger partial charge is 0.338 e. The minimum absolute atomic E-state index is 0.0347. The molecule has 2 heterocycles. The third-order valence-corrected chi connectivity index (χ3v) is 4.61. The van der Waals surface area contributed by atoms with E-state index < -0.39 is 6.55 Å². The number of benzene rings is 1. The summed E-state index contributed by atoms with van der Waals surface area (Å²) in [6.07, 6.45) is 3.86. The van der Waals surface area contributed by atoms with Crippen molar-refractivity contribution in [3.63, 3.8) is 0 Å². The highest BCUT2D eigenvalue weighted by atomic mass is 79.9. The molecule has 2 aromatic heterocycles. The molecule has 0 N–H and O–H groups in total. The molecule has 3 aromatic rings. The molecule has 0 unspecified atom stereocenters. The molecule has 1 amide bonds. The van der Waals surface area contributed by atoms with Crippen molar-refractivity contribution >= 4 is 32.7 Å². The number of imidazole rings is 1. The summed E-state index contributed by atoms with van der Waals surface area (Å²) in [5.41, 5.74) is 0.326. The molecule has 0 aliphatic rings. The lowest BCUT2D eigenvalue weighted by atomic mass is 10.2. The Morgan fingerprint density at radius 3 is 2.85 bits per heavy atom. The van der Waals surface area contributed by atoms with Crippen LogP contribution in [0.3, 0.4) is 0 Å². The average Bonchev–Trinajstić information content (AvgIpc) is 3.09. The van der Waals surface area contributed by atoms with Gasteiger partial charge in [0, 0.05) is 36.9 Å². The van der Waals surface area contributed by atoms with Crippen LogP contribution in [0.2, 0.25) is 0 Å². The predicted octanol–water partition coefficient (Wildman–Crippen LogP) is 2.80. The molecule has 0 spiro atoms. The van der Waals surface area contributed by atoms with Crippen LogP contribution < -0.4 is 5.56 Å². The summed E-state index contributed by atoms with van der Waals surface area (Å²) in [6.45, 7) is -2.62. The zero-order chi connectivity index (χ0) is 19.6. The summed E-state index contributed by atoms with van der Waals surface area (Å²) in [7, 11) is 1.51. The maximum atomic E-state index is 12.9. The van der Waals surface area contributed by atoms with Crippen molar-refractivity contribution in [1.82, 2.24) is 24.0 Å². The fourth-order valence-corrected chi connectivity index (χ4v) is 3.00. The molecule has 10 heteroatoms. The zero-order valence-electron chi connectivity index (χ0n) is 14.3. The van der Waals surface area contributed by atoms with Crippen molar-refractivity contribution < 1.29 is 13.6 Å². The van der Waals surface area contributed by atoms with Gasteiger partial charge in [0.15, 0.2) is 0 Å². The number of aryl methyl sites for hydroxylation is 1. The van der Waals surface area contributed by atoms with E-state index in [9.17, 15) is 18.4 Å². The predicted molar refractivity (Wildman–Crippen MR) is 98.3 cm³/mol. The molecule has 0 saturated heterocycles. The van der Waals surface area contributed by atoms with Gasteiger partial charge in [0.1, 0.15) is 5.82 Å². The first-order valence-electron chi connectivity index (χ1n) is 8.05. The Morgan fingerprint density at radius 1 is 1.33 bits per heavy atom. The van der Waals surface area contributed by atoms with Crippen LogP contribution in [0.4, 0.5) is 8.78 Å². The molecule has 0 aliphatic carbocycles. The monoisotopic (exact) mass is 439 g/mol. The third-order valence-electron chi connectivity index (χ3n) is 4.12. The summed E-state index contributed by atoms with van der Waals surface area (Å²) in [5.74, 6) is -0.199. The number of rotatable bonds is 6. The number of amides is 1. The number of hydrogen-bond donors (Lipinski definition) is 0. The van der Waals surface area contributed by atoms with E-state index in [4.69, 9.17) is 0 Å². The van der Waals surface area contributed by atoms with Crippen LogP contribution >= 0.6 is 15.9 Å². The number of carbonyl (C=O) groups excluding carboxylic acids is 1. The third kappa shape index (κ3) is 4.21. The molecule has 0 bridgehead atoms. The van der Waals surface area contributed by atoms with Crippen LogP contribution in [0.1, 0.15) is 18.8 Å².